The maximum atomic E-state index is 14.1. The molecular weight excluding hydrogens is 504 g/mol. The molecule has 1 fully saturated rings. The molecule has 4 rings (SSSR count). The smallest absolute Gasteiger partial charge is 0.417 e. The lowest BCUT2D eigenvalue weighted by atomic mass is 9.93. The van der Waals surface area contributed by atoms with Gasteiger partial charge in [0.15, 0.2) is 0 Å². The number of imide groups is 1. The molecule has 40 heavy (non-hydrogen) atoms. The van der Waals surface area contributed by atoms with Crippen molar-refractivity contribution in [3.63, 3.8) is 0 Å². The van der Waals surface area contributed by atoms with Crippen molar-refractivity contribution < 1.29 is 23.9 Å². The average Bonchev–Trinajstić information content (AvgIpc) is 3.35. The highest BCUT2D eigenvalue weighted by molar-refractivity contribution is 6.09. The fraction of sp³-hybridized carbons (Fsp3) is 0.364. The summed E-state index contributed by atoms with van der Waals surface area (Å²) in [7, 11) is 0. The van der Waals surface area contributed by atoms with Crippen LogP contribution in [0.15, 0.2) is 96.2 Å². The fourth-order valence-electron chi connectivity index (χ4n) is 4.77. The Kier molecular flexibility index (Phi) is 11.3. The minimum atomic E-state index is -0.665. The van der Waals surface area contributed by atoms with Gasteiger partial charge in [0, 0.05) is 0 Å². The molecule has 0 aromatic heterocycles. The zero-order valence-electron chi connectivity index (χ0n) is 23.1. The number of carbonyl (C=O) groups excluding carboxylic acids is 2. The molecular formula is C33H38N2O5. The summed E-state index contributed by atoms with van der Waals surface area (Å²) in [5.41, 5.74) is 3.51. The lowest BCUT2D eigenvalue weighted by molar-refractivity contribution is -0.131. The third kappa shape index (κ3) is 8.52. The van der Waals surface area contributed by atoms with Crippen LogP contribution in [0.25, 0.3) is 0 Å². The first-order chi connectivity index (χ1) is 19.7. The van der Waals surface area contributed by atoms with Crippen LogP contribution in [0, 0.1) is 5.92 Å². The molecule has 0 radical (unpaired) electrons. The molecule has 0 bridgehead atoms. The Morgan fingerprint density at radius 3 is 2.12 bits per heavy atom. The third-order valence-corrected chi connectivity index (χ3v) is 6.93. The molecule has 2 atom stereocenters. The SMILES string of the molecule is CCCCC[C@@H](C(=O)N1C(=O)OC[C@@H]1Cc1ccccc1)C(COCc1ccccc1)=NOCc1ccccc1. The van der Waals surface area contributed by atoms with Gasteiger partial charge in [-0.25, -0.2) is 9.69 Å². The van der Waals surface area contributed by atoms with Crippen molar-refractivity contribution in [3.8, 4) is 0 Å². The Hall–Kier alpha value is -3.97. The number of hydrogen-bond acceptors (Lipinski definition) is 6. The molecule has 0 saturated carbocycles. The standard InChI is InChI=1S/C33H38N2O5/c1-2-3-7-20-30(32(36)35-29(24-39-33(35)37)21-26-14-8-4-9-15-26)31(25-38-22-27-16-10-5-11-17-27)34-40-23-28-18-12-6-13-19-28/h4-6,8-19,29-30H,2-3,7,20-25H2,1H3/t29-,30+/m0/s1. The van der Waals surface area contributed by atoms with Crippen LogP contribution in [-0.2, 0) is 38.7 Å². The number of rotatable bonds is 15. The van der Waals surface area contributed by atoms with Gasteiger partial charge in [0.2, 0.25) is 5.91 Å². The van der Waals surface area contributed by atoms with E-state index in [0.717, 1.165) is 36.0 Å². The van der Waals surface area contributed by atoms with Crippen LogP contribution in [0.3, 0.4) is 0 Å². The van der Waals surface area contributed by atoms with Crippen LogP contribution in [-0.4, -0.2) is 41.9 Å². The first-order valence-electron chi connectivity index (χ1n) is 14.0. The monoisotopic (exact) mass is 542 g/mol. The van der Waals surface area contributed by atoms with Gasteiger partial charge in [0.05, 0.1) is 30.9 Å². The van der Waals surface area contributed by atoms with Crippen LogP contribution < -0.4 is 0 Å². The van der Waals surface area contributed by atoms with Crippen molar-refractivity contribution in [3.05, 3.63) is 108 Å². The van der Waals surface area contributed by atoms with Gasteiger partial charge < -0.3 is 14.3 Å². The van der Waals surface area contributed by atoms with Crippen LogP contribution in [0.1, 0.15) is 49.3 Å². The van der Waals surface area contributed by atoms with E-state index >= 15 is 0 Å². The Morgan fingerprint density at radius 2 is 1.50 bits per heavy atom. The minimum absolute atomic E-state index is 0.110. The second-order valence-corrected chi connectivity index (χ2v) is 10.00. The number of amides is 2. The summed E-state index contributed by atoms with van der Waals surface area (Å²) >= 11 is 0. The van der Waals surface area contributed by atoms with Gasteiger partial charge in [0.1, 0.15) is 13.2 Å². The molecule has 3 aromatic carbocycles. The second kappa shape index (κ2) is 15.6. The summed E-state index contributed by atoms with van der Waals surface area (Å²) in [6.45, 7) is 3.03. The van der Waals surface area contributed by atoms with E-state index < -0.39 is 12.0 Å². The van der Waals surface area contributed by atoms with E-state index in [1.807, 2.05) is 91.0 Å². The van der Waals surface area contributed by atoms with Crippen molar-refractivity contribution in [2.45, 2.75) is 58.3 Å². The van der Waals surface area contributed by atoms with Crippen LogP contribution >= 0.6 is 0 Å². The van der Waals surface area contributed by atoms with Gasteiger partial charge in [-0.2, -0.15) is 0 Å². The summed E-state index contributed by atoms with van der Waals surface area (Å²) in [6.07, 6.45) is 3.24. The zero-order valence-corrected chi connectivity index (χ0v) is 23.1. The van der Waals surface area contributed by atoms with Crippen molar-refractivity contribution in [1.29, 1.82) is 0 Å². The molecule has 210 valence electrons. The van der Waals surface area contributed by atoms with Crippen molar-refractivity contribution in [2.75, 3.05) is 13.2 Å². The number of oxime groups is 1. The molecule has 7 heteroatoms. The maximum Gasteiger partial charge on any atom is 0.417 e. The van der Waals surface area contributed by atoms with E-state index in [1.54, 1.807) is 0 Å². The summed E-state index contributed by atoms with van der Waals surface area (Å²) < 4.78 is 11.4. The Morgan fingerprint density at radius 1 is 0.900 bits per heavy atom. The average molecular weight is 543 g/mol. The number of unbranched alkanes of at least 4 members (excludes halogenated alkanes) is 2. The normalized spacial score (nSPS) is 16.0. The molecule has 1 saturated heterocycles. The second-order valence-electron chi connectivity index (χ2n) is 10.00. The molecule has 1 heterocycles. The molecule has 0 spiro atoms. The van der Waals surface area contributed by atoms with Crippen LogP contribution in [0.5, 0.6) is 0 Å². The first-order valence-corrected chi connectivity index (χ1v) is 14.0. The lowest BCUT2D eigenvalue weighted by Crippen LogP contribution is -2.46. The number of nitrogens with zero attached hydrogens (tertiary/aromatic N) is 2. The summed E-state index contributed by atoms with van der Waals surface area (Å²) in [5.74, 6) is -0.980. The van der Waals surface area contributed by atoms with Crippen molar-refractivity contribution >= 4 is 17.7 Å². The summed E-state index contributed by atoms with van der Waals surface area (Å²) in [4.78, 5) is 34.0. The van der Waals surface area contributed by atoms with Crippen molar-refractivity contribution in [2.24, 2.45) is 11.1 Å². The Labute approximate surface area is 236 Å². The van der Waals surface area contributed by atoms with E-state index in [0.29, 0.717) is 25.2 Å². The van der Waals surface area contributed by atoms with Gasteiger partial charge in [0.25, 0.3) is 0 Å². The van der Waals surface area contributed by atoms with Crippen LogP contribution in [0.4, 0.5) is 4.79 Å². The summed E-state index contributed by atoms with van der Waals surface area (Å²) in [6, 6.07) is 29.0. The quantitative estimate of drug-likeness (QED) is 0.123. The van der Waals surface area contributed by atoms with Gasteiger partial charge in [-0.1, -0.05) is 122 Å². The highest BCUT2D eigenvalue weighted by Gasteiger charge is 2.42. The van der Waals surface area contributed by atoms with Gasteiger partial charge >= 0.3 is 6.09 Å². The fourth-order valence-corrected chi connectivity index (χ4v) is 4.77. The third-order valence-electron chi connectivity index (χ3n) is 6.93. The predicted molar refractivity (Wildman–Crippen MR) is 155 cm³/mol. The van der Waals surface area contributed by atoms with Crippen molar-refractivity contribution in [1.82, 2.24) is 4.90 Å². The minimum Gasteiger partial charge on any atom is -0.447 e. The topological polar surface area (TPSA) is 77.4 Å². The van der Waals surface area contributed by atoms with E-state index in [1.165, 1.54) is 4.90 Å². The molecule has 0 unspecified atom stereocenters. The first kappa shape index (κ1) is 29.0. The lowest BCUT2D eigenvalue weighted by Gasteiger charge is -2.26. The number of carbonyl (C=O) groups is 2. The largest absolute Gasteiger partial charge is 0.447 e. The highest BCUT2D eigenvalue weighted by atomic mass is 16.6. The Balaban J connectivity index is 1.55. The number of benzene rings is 3. The molecule has 7 nitrogen and oxygen atoms in total. The van der Waals surface area contributed by atoms with E-state index in [9.17, 15) is 9.59 Å². The van der Waals surface area contributed by atoms with E-state index in [2.05, 4.69) is 12.1 Å². The van der Waals surface area contributed by atoms with Gasteiger partial charge in [-0.3, -0.25) is 4.79 Å². The zero-order chi connectivity index (χ0) is 28.0. The molecule has 0 N–H and O–H groups in total. The molecule has 3 aromatic rings. The predicted octanol–water partition coefficient (Wildman–Crippen LogP) is 6.56. The number of ether oxygens (including phenoxy) is 2. The molecule has 0 aliphatic carbocycles. The number of cyclic esters (lactones) is 1. The number of hydrogen-bond donors (Lipinski definition) is 0. The van der Waals surface area contributed by atoms with E-state index in [4.69, 9.17) is 14.3 Å². The summed E-state index contributed by atoms with van der Waals surface area (Å²) in [5, 5.41) is 4.45. The molecule has 1 aliphatic heterocycles. The van der Waals surface area contributed by atoms with E-state index in [-0.39, 0.29) is 31.8 Å². The highest BCUT2D eigenvalue weighted by Crippen LogP contribution is 2.24. The molecule has 1 aliphatic rings. The van der Waals surface area contributed by atoms with Gasteiger partial charge in [-0.05, 0) is 29.5 Å². The van der Waals surface area contributed by atoms with Crippen LogP contribution in [0.2, 0.25) is 0 Å². The maximum absolute atomic E-state index is 14.1. The Bertz CT molecular complexity index is 1220. The molecule has 2 amide bonds. The van der Waals surface area contributed by atoms with Gasteiger partial charge in [-0.15, -0.1) is 0 Å².